The maximum absolute atomic E-state index is 12.9. The van der Waals surface area contributed by atoms with E-state index in [9.17, 15) is 24.3 Å². The fourth-order valence-electron chi connectivity index (χ4n) is 3.13. The minimum absolute atomic E-state index is 0.00315. The average molecular weight is 517 g/mol. The van der Waals surface area contributed by atoms with Gasteiger partial charge in [-0.25, -0.2) is 19.2 Å². The van der Waals surface area contributed by atoms with Crippen LogP contribution in [0.4, 0.5) is 19.2 Å². The lowest BCUT2D eigenvalue weighted by Crippen LogP contribution is -2.51. The first-order valence-electron chi connectivity index (χ1n) is 12.2. The number of rotatable bonds is 0. The Morgan fingerprint density at radius 2 is 0.667 bits per heavy atom. The molecule has 0 bridgehead atoms. The van der Waals surface area contributed by atoms with Crippen molar-refractivity contribution in [1.82, 2.24) is 19.6 Å². The van der Waals surface area contributed by atoms with Gasteiger partial charge in [0.05, 0.1) is 0 Å². The summed E-state index contributed by atoms with van der Waals surface area (Å²) in [6.07, 6.45) is -2.97. The summed E-state index contributed by atoms with van der Waals surface area (Å²) in [4.78, 5) is 55.7. The van der Waals surface area contributed by atoms with Gasteiger partial charge in [0, 0.05) is 52.4 Å². The van der Waals surface area contributed by atoms with Crippen LogP contribution in [0.5, 0.6) is 0 Å². The molecular formula is C24H44N4O8. The van der Waals surface area contributed by atoms with Gasteiger partial charge in [0.15, 0.2) is 0 Å². The molecule has 0 aromatic carbocycles. The third-order valence-corrected chi connectivity index (χ3v) is 4.78. The van der Waals surface area contributed by atoms with Gasteiger partial charge >= 0.3 is 24.4 Å². The van der Waals surface area contributed by atoms with Crippen LogP contribution in [0.3, 0.4) is 0 Å². The Hall–Kier alpha value is -2.92. The predicted octanol–water partition coefficient (Wildman–Crippen LogP) is 3.69. The molecule has 1 heterocycles. The Labute approximate surface area is 214 Å². The van der Waals surface area contributed by atoms with Crippen LogP contribution >= 0.6 is 0 Å². The molecule has 0 radical (unpaired) electrons. The number of amides is 4. The summed E-state index contributed by atoms with van der Waals surface area (Å²) in [7, 11) is 0. The fourth-order valence-corrected chi connectivity index (χ4v) is 3.13. The number of hydrogen-bond donors (Lipinski definition) is 1. The van der Waals surface area contributed by atoms with Gasteiger partial charge in [-0.15, -0.1) is 0 Å². The van der Waals surface area contributed by atoms with Crippen LogP contribution in [0.25, 0.3) is 0 Å². The van der Waals surface area contributed by atoms with Gasteiger partial charge in [-0.2, -0.15) is 0 Å². The van der Waals surface area contributed by atoms with Crippen molar-refractivity contribution in [3.63, 3.8) is 0 Å². The molecule has 0 saturated carbocycles. The summed E-state index contributed by atoms with van der Waals surface area (Å²) in [5.41, 5.74) is -2.23. The molecule has 1 rings (SSSR count). The van der Waals surface area contributed by atoms with Crippen LogP contribution in [0.15, 0.2) is 0 Å². The molecule has 1 N–H and O–H groups in total. The third kappa shape index (κ3) is 12.2. The maximum Gasteiger partial charge on any atom is 0.410 e. The highest BCUT2D eigenvalue weighted by Gasteiger charge is 2.30. The number of carboxylic acid groups (broad SMARTS) is 1. The molecule has 208 valence electrons. The second-order valence-electron chi connectivity index (χ2n) is 11.7. The second-order valence-corrected chi connectivity index (χ2v) is 11.7. The number of ether oxygens (including phenoxy) is 3. The van der Waals surface area contributed by atoms with Crippen molar-refractivity contribution in [2.75, 3.05) is 52.4 Å². The Bertz CT molecular complexity index is 738. The zero-order valence-electron chi connectivity index (χ0n) is 23.3. The molecule has 12 heteroatoms. The number of nitrogens with zero attached hydrogens (tertiary/aromatic N) is 4. The summed E-state index contributed by atoms with van der Waals surface area (Å²) < 4.78 is 16.5. The molecule has 0 aromatic rings. The van der Waals surface area contributed by atoms with Crippen molar-refractivity contribution in [1.29, 1.82) is 0 Å². The van der Waals surface area contributed by atoms with Crippen molar-refractivity contribution in [3.8, 4) is 0 Å². The Kier molecular flexibility index (Phi) is 10.7. The van der Waals surface area contributed by atoms with Gasteiger partial charge in [0.1, 0.15) is 16.8 Å². The smallest absolute Gasteiger partial charge is 0.410 e. The van der Waals surface area contributed by atoms with Crippen molar-refractivity contribution >= 4 is 24.4 Å². The molecule has 0 unspecified atom stereocenters. The summed E-state index contributed by atoms with van der Waals surface area (Å²) in [6.45, 7) is 16.2. The van der Waals surface area contributed by atoms with Crippen LogP contribution in [0.2, 0.25) is 0 Å². The van der Waals surface area contributed by atoms with Crippen LogP contribution in [0, 0.1) is 0 Å². The van der Waals surface area contributed by atoms with Crippen molar-refractivity contribution in [2.45, 2.75) is 79.1 Å². The minimum atomic E-state index is -1.17. The van der Waals surface area contributed by atoms with Crippen molar-refractivity contribution in [3.05, 3.63) is 0 Å². The molecule has 1 saturated heterocycles. The Morgan fingerprint density at radius 1 is 0.472 bits per heavy atom. The molecular weight excluding hydrogens is 472 g/mol. The molecule has 1 aliphatic heterocycles. The number of carbonyl (C=O) groups is 4. The van der Waals surface area contributed by atoms with E-state index in [4.69, 9.17) is 14.2 Å². The van der Waals surface area contributed by atoms with E-state index < -0.39 is 41.2 Å². The highest BCUT2D eigenvalue weighted by Crippen LogP contribution is 2.14. The fraction of sp³-hybridized carbons (Fsp3) is 0.833. The Morgan fingerprint density at radius 3 is 0.833 bits per heavy atom. The zero-order valence-corrected chi connectivity index (χ0v) is 23.3. The lowest BCUT2D eigenvalue weighted by molar-refractivity contribution is 0.00498. The highest BCUT2D eigenvalue weighted by atomic mass is 16.6. The SMILES string of the molecule is CC(C)(C)OC(=O)N1CCN(C(=O)O)CCN(C(=O)OC(C)(C)C)CCN(C(=O)OC(C)(C)C)CC1. The average Bonchev–Trinajstić information content (AvgIpc) is 2.63. The van der Waals surface area contributed by atoms with E-state index in [0.717, 1.165) is 4.90 Å². The van der Waals surface area contributed by atoms with Crippen molar-refractivity contribution < 1.29 is 38.5 Å². The second kappa shape index (κ2) is 12.4. The van der Waals surface area contributed by atoms with E-state index in [1.807, 2.05) is 0 Å². The first-order valence-corrected chi connectivity index (χ1v) is 12.2. The zero-order chi connectivity index (χ0) is 27.9. The standard InChI is InChI=1S/C24H44N4O8/c1-22(2,3)34-19(31)26-12-10-25(18(29)30)11-13-27(20(32)35-23(4,5)6)15-17-28(16-14-26)21(33)36-24(7,8)9/h10-17H2,1-9H3,(H,29,30). The van der Waals surface area contributed by atoms with Crippen LogP contribution in [-0.2, 0) is 14.2 Å². The molecule has 36 heavy (non-hydrogen) atoms. The lowest BCUT2D eigenvalue weighted by Gasteiger charge is -2.35. The maximum atomic E-state index is 12.9. The van der Waals surface area contributed by atoms with Crippen LogP contribution < -0.4 is 0 Å². The summed E-state index contributed by atoms with van der Waals surface area (Å²) >= 11 is 0. The molecule has 4 amide bonds. The predicted molar refractivity (Wildman–Crippen MR) is 133 cm³/mol. The lowest BCUT2D eigenvalue weighted by atomic mass is 10.2. The molecule has 1 aliphatic rings. The first kappa shape index (κ1) is 31.1. The van der Waals surface area contributed by atoms with Gasteiger partial charge in [-0.3, -0.25) is 0 Å². The normalized spacial score (nSPS) is 17.0. The molecule has 0 spiro atoms. The van der Waals surface area contributed by atoms with Gasteiger partial charge in [-0.1, -0.05) is 0 Å². The van der Waals surface area contributed by atoms with E-state index >= 15 is 0 Å². The summed E-state index contributed by atoms with van der Waals surface area (Å²) in [5, 5.41) is 9.68. The van der Waals surface area contributed by atoms with Crippen LogP contribution in [-0.4, -0.2) is 118 Å². The van der Waals surface area contributed by atoms with Crippen LogP contribution in [0.1, 0.15) is 62.3 Å². The van der Waals surface area contributed by atoms with Gasteiger partial charge in [0.2, 0.25) is 0 Å². The highest BCUT2D eigenvalue weighted by molar-refractivity contribution is 5.71. The van der Waals surface area contributed by atoms with Gasteiger partial charge in [-0.05, 0) is 62.3 Å². The molecule has 12 nitrogen and oxygen atoms in total. The summed E-state index contributed by atoms with van der Waals surface area (Å²) in [6, 6.07) is 0. The van der Waals surface area contributed by atoms with Gasteiger partial charge < -0.3 is 38.9 Å². The minimum Gasteiger partial charge on any atom is -0.465 e. The van der Waals surface area contributed by atoms with E-state index in [2.05, 4.69) is 0 Å². The van der Waals surface area contributed by atoms with E-state index in [1.54, 1.807) is 62.3 Å². The van der Waals surface area contributed by atoms with E-state index in [0.29, 0.717) is 0 Å². The summed E-state index contributed by atoms with van der Waals surface area (Å²) in [5.74, 6) is 0. The molecule has 0 atom stereocenters. The topological polar surface area (TPSA) is 129 Å². The first-order chi connectivity index (χ1) is 16.3. The molecule has 0 aromatic heterocycles. The quantitative estimate of drug-likeness (QED) is 0.483. The van der Waals surface area contributed by atoms with E-state index in [1.165, 1.54) is 14.7 Å². The van der Waals surface area contributed by atoms with E-state index in [-0.39, 0.29) is 52.4 Å². The number of carbonyl (C=O) groups excluding carboxylic acids is 3. The van der Waals surface area contributed by atoms with Gasteiger partial charge in [0.25, 0.3) is 0 Å². The largest absolute Gasteiger partial charge is 0.465 e. The third-order valence-electron chi connectivity index (χ3n) is 4.78. The monoisotopic (exact) mass is 516 g/mol. The number of hydrogen-bond acceptors (Lipinski definition) is 7. The van der Waals surface area contributed by atoms with Crippen molar-refractivity contribution in [2.24, 2.45) is 0 Å². The molecule has 1 fully saturated rings. The molecule has 0 aliphatic carbocycles. The Balaban J connectivity index is 3.22.